The molecule has 1 rings (SSSR count). The van der Waals surface area contributed by atoms with Gasteiger partial charge >= 0.3 is 0 Å². The predicted molar refractivity (Wildman–Crippen MR) is 85.9 cm³/mol. The molecule has 0 aliphatic carbocycles. The average Bonchev–Trinajstić information content (AvgIpc) is 2.46. The number of unbranched alkanes of at least 4 members (excludes halogenated alkanes) is 3. The SMILES string of the molecule is CCNCCCCCCc1cc(CC)ccc1CC. The van der Waals surface area contributed by atoms with Gasteiger partial charge in [0.1, 0.15) is 0 Å². The molecule has 0 aromatic heterocycles. The molecule has 19 heavy (non-hydrogen) atoms. The minimum absolute atomic E-state index is 1.10. The highest BCUT2D eigenvalue weighted by molar-refractivity contribution is 5.32. The van der Waals surface area contributed by atoms with E-state index >= 15 is 0 Å². The lowest BCUT2D eigenvalue weighted by Crippen LogP contribution is -2.13. The summed E-state index contributed by atoms with van der Waals surface area (Å²) >= 11 is 0. The third-order valence-corrected chi connectivity index (χ3v) is 3.86. The Labute approximate surface area is 119 Å². The fourth-order valence-electron chi connectivity index (χ4n) is 2.57. The second-order valence-electron chi connectivity index (χ2n) is 5.33. The Morgan fingerprint density at radius 1 is 0.842 bits per heavy atom. The molecule has 0 bridgehead atoms. The van der Waals surface area contributed by atoms with Gasteiger partial charge in [-0.2, -0.15) is 0 Å². The zero-order chi connectivity index (χ0) is 13.9. The first-order valence-electron chi connectivity index (χ1n) is 8.13. The summed E-state index contributed by atoms with van der Waals surface area (Å²) in [5.41, 5.74) is 4.62. The monoisotopic (exact) mass is 261 g/mol. The zero-order valence-electron chi connectivity index (χ0n) is 13.1. The van der Waals surface area contributed by atoms with Crippen molar-refractivity contribution in [3.05, 3.63) is 34.9 Å². The molecule has 0 saturated heterocycles. The highest BCUT2D eigenvalue weighted by Crippen LogP contribution is 2.17. The van der Waals surface area contributed by atoms with Crippen molar-refractivity contribution in [1.82, 2.24) is 5.32 Å². The van der Waals surface area contributed by atoms with Crippen LogP contribution in [0.4, 0.5) is 0 Å². The van der Waals surface area contributed by atoms with Crippen molar-refractivity contribution in [2.75, 3.05) is 13.1 Å². The normalized spacial score (nSPS) is 10.9. The number of nitrogens with one attached hydrogen (secondary N) is 1. The van der Waals surface area contributed by atoms with Gasteiger partial charge in [0.25, 0.3) is 0 Å². The van der Waals surface area contributed by atoms with Crippen molar-refractivity contribution >= 4 is 0 Å². The number of hydrogen-bond acceptors (Lipinski definition) is 1. The van der Waals surface area contributed by atoms with Crippen LogP contribution < -0.4 is 5.32 Å². The van der Waals surface area contributed by atoms with Crippen LogP contribution in [-0.4, -0.2) is 13.1 Å². The Balaban J connectivity index is 2.31. The number of aryl methyl sites for hydroxylation is 3. The van der Waals surface area contributed by atoms with Crippen LogP contribution >= 0.6 is 0 Å². The second kappa shape index (κ2) is 10.0. The zero-order valence-corrected chi connectivity index (χ0v) is 13.1. The molecule has 0 unspecified atom stereocenters. The molecule has 0 saturated carbocycles. The number of benzene rings is 1. The van der Waals surface area contributed by atoms with E-state index in [1.54, 1.807) is 11.1 Å². The van der Waals surface area contributed by atoms with Crippen LogP contribution in [0.1, 0.15) is 63.1 Å². The standard InChI is InChI=1S/C18H31N/c1-4-16-12-13-17(5-2)18(15-16)11-9-7-8-10-14-19-6-3/h12-13,15,19H,4-11,14H2,1-3H3. The maximum atomic E-state index is 3.39. The first-order valence-corrected chi connectivity index (χ1v) is 8.13. The van der Waals surface area contributed by atoms with Crippen molar-refractivity contribution in [3.8, 4) is 0 Å². The van der Waals surface area contributed by atoms with Gasteiger partial charge in [-0.1, -0.05) is 51.8 Å². The molecule has 0 fully saturated rings. The van der Waals surface area contributed by atoms with Crippen LogP contribution in [0.25, 0.3) is 0 Å². The molecule has 0 heterocycles. The highest BCUT2D eigenvalue weighted by atomic mass is 14.8. The average molecular weight is 261 g/mol. The van der Waals surface area contributed by atoms with E-state index in [9.17, 15) is 0 Å². The fourth-order valence-corrected chi connectivity index (χ4v) is 2.57. The topological polar surface area (TPSA) is 12.0 Å². The van der Waals surface area contributed by atoms with Gasteiger partial charge in [-0.3, -0.25) is 0 Å². The molecule has 1 N–H and O–H groups in total. The Morgan fingerprint density at radius 3 is 2.32 bits per heavy atom. The van der Waals surface area contributed by atoms with Crippen molar-refractivity contribution in [2.24, 2.45) is 0 Å². The summed E-state index contributed by atoms with van der Waals surface area (Å²) in [6, 6.07) is 7.05. The summed E-state index contributed by atoms with van der Waals surface area (Å²) < 4.78 is 0. The molecule has 0 amide bonds. The minimum Gasteiger partial charge on any atom is -0.317 e. The maximum Gasteiger partial charge on any atom is -0.00490 e. The lowest BCUT2D eigenvalue weighted by Gasteiger charge is -2.10. The van der Waals surface area contributed by atoms with Gasteiger partial charge in [0.15, 0.2) is 0 Å². The van der Waals surface area contributed by atoms with Gasteiger partial charge in [0.05, 0.1) is 0 Å². The number of rotatable bonds is 10. The van der Waals surface area contributed by atoms with Crippen molar-refractivity contribution in [1.29, 1.82) is 0 Å². The lowest BCUT2D eigenvalue weighted by molar-refractivity contribution is 0.597. The van der Waals surface area contributed by atoms with Crippen molar-refractivity contribution < 1.29 is 0 Å². The molecule has 108 valence electrons. The van der Waals surface area contributed by atoms with E-state index in [0.29, 0.717) is 0 Å². The van der Waals surface area contributed by atoms with Crippen LogP contribution in [0.2, 0.25) is 0 Å². The molecule has 0 aliphatic heterocycles. The van der Waals surface area contributed by atoms with E-state index < -0.39 is 0 Å². The summed E-state index contributed by atoms with van der Waals surface area (Å²) in [7, 11) is 0. The molecule has 0 aliphatic rings. The fraction of sp³-hybridized carbons (Fsp3) is 0.667. The van der Waals surface area contributed by atoms with Crippen LogP contribution in [0, 0.1) is 0 Å². The van der Waals surface area contributed by atoms with Gasteiger partial charge < -0.3 is 5.32 Å². The van der Waals surface area contributed by atoms with Gasteiger partial charge in [0, 0.05) is 0 Å². The summed E-state index contributed by atoms with van der Waals surface area (Å²) in [4.78, 5) is 0. The highest BCUT2D eigenvalue weighted by Gasteiger charge is 2.02. The lowest BCUT2D eigenvalue weighted by atomic mass is 9.96. The first kappa shape index (κ1) is 16.2. The van der Waals surface area contributed by atoms with Crippen LogP contribution in [0.15, 0.2) is 18.2 Å². The second-order valence-corrected chi connectivity index (χ2v) is 5.33. The molecule has 0 spiro atoms. The molecule has 1 nitrogen and oxygen atoms in total. The molecular weight excluding hydrogens is 230 g/mol. The molecule has 0 atom stereocenters. The van der Waals surface area contributed by atoms with Crippen molar-refractivity contribution in [2.45, 2.75) is 65.7 Å². The maximum absolute atomic E-state index is 3.39. The summed E-state index contributed by atoms with van der Waals surface area (Å²) in [5.74, 6) is 0. The van der Waals surface area contributed by atoms with Gasteiger partial charge in [-0.05, 0) is 61.9 Å². The smallest absolute Gasteiger partial charge is 0.00490 e. The largest absolute Gasteiger partial charge is 0.317 e. The molecular formula is C18H31N. The van der Waals surface area contributed by atoms with Crippen LogP contribution in [-0.2, 0) is 19.3 Å². The molecule has 1 heteroatoms. The third-order valence-electron chi connectivity index (χ3n) is 3.86. The quantitative estimate of drug-likeness (QED) is 0.610. The Morgan fingerprint density at radius 2 is 1.63 bits per heavy atom. The van der Waals surface area contributed by atoms with Gasteiger partial charge in [0.2, 0.25) is 0 Å². The summed E-state index contributed by atoms with van der Waals surface area (Å²) in [5, 5.41) is 3.39. The summed E-state index contributed by atoms with van der Waals surface area (Å²) in [6.07, 6.45) is 8.97. The number of hydrogen-bond donors (Lipinski definition) is 1. The van der Waals surface area contributed by atoms with Crippen LogP contribution in [0.5, 0.6) is 0 Å². The van der Waals surface area contributed by atoms with E-state index in [1.165, 1.54) is 50.6 Å². The first-order chi connectivity index (χ1) is 9.31. The van der Waals surface area contributed by atoms with Crippen molar-refractivity contribution in [3.63, 3.8) is 0 Å². The van der Waals surface area contributed by atoms with E-state index in [-0.39, 0.29) is 0 Å². The van der Waals surface area contributed by atoms with E-state index in [2.05, 4.69) is 44.3 Å². The Kier molecular flexibility index (Phi) is 8.57. The third kappa shape index (κ3) is 6.24. The van der Waals surface area contributed by atoms with Gasteiger partial charge in [-0.15, -0.1) is 0 Å². The molecule has 1 aromatic carbocycles. The van der Waals surface area contributed by atoms with E-state index in [4.69, 9.17) is 0 Å². The minimum atomic E-state index is 1.10. The summed E-state index contributed by atoms with van der Waals surface area (Å²) in [6.45, 7) is 8.96. The van der Waals surface area contributed by atoms with E-state index in [1.807, 2.05) is 0 Å². The van der Waals surface area contributed by atoms with Crippen LogP contribution in [0.3, 0.4) is 0 Å². The Bertz CT molecular complexity index is 344. The molecule has 1 aromatic rings. The van der Waals surface area contributed by atoms with E-state index in [0.717, 1.165) is 13.0 Å². The van der Waals surface area contributed by atoms with Gasteiger partial charge in [-0.25, -0.2) is 0 Å². The predicted octanol–water partition coefficient (Wildman–Crippen LogP) is 4.52. The molecule has 0 radical (unpaired) electrons. The Hall–Kier alpha value is -0.820.